The zero-order chi connectivity index (χ0) is 27.9. The summed E-state index contributed by atoms with van der Waals surface area (Å²) in [7, 11) is -1.50. The van der Waals surface area contributed by atoms with Crippen LogP contribution < -0.4 is 9.62 Å². The van der Waals surface area contributed by atoms with Gasteiger partial charge in [0.25, 0.3) is 0 Å². The number of benzene rings is 2. The molecule has 0 heterocycles. The van der Waals surface area contributed by atoms with Crippen LogP contribution in [0, 0.1) is 5.82 Å². The third kappa shape index (κ3) is 7.80. The van der Waals surface area contributed by atoms with E-state index in [1.54, 1.807) is 25.1 Å². The molecule has 2 rings (SSSR count). The number of halogens is 3. The maximum absolute atomic E-state index is 13.8. The van der Waals surface area contributed by atoms with Gasteiger partial charge in [-0.15, -0.1) is 0 Å². The smallest absolute Gasteiger partial charge is 0.304 e. The minimum atomic E-state index is -4.15. The lowest BCUT2D eigenvalue weighted by Crippen LogP contribution is -2.54. The monoisotopic (exact) mass is 574 g/mol. The lowest BCUT2D eigenvalue weighted by Gasteiger charge is -2.34. The third-order valence-corrected chi connectivity index (χ3v) is 8.44. The van der Waals surface area contributed by atoms with Gasteiger partial charge in [0.15, 0.2) is 0 Å². The number of carbonyl (C=O) groups excluding carboxylic acids is 2. The second-order valence-corrected chi connectivity index (χ2v) is 11.6. The minimum absolute atomic E-state index is 0.0938. The van der Waals surface area contributed by atoms with Gasteiger partial charge in [0, 0.05) is 42.3 Å². The van der Waals surface area contributed by atoms with Gasteiger partial charge < -0.3 is 10.2 Å². The topological polar surface area (TPSA) is 90.0 Å². The molecular formula is C25H33Cl2FN4O4S. The van der Waals surface area contributed by atoms with Crippen LogP contribution in [-0.4, -0.2) is 62.2 Å². The SMILES string of the molecule is CC[C@@H](C)NC(=O)[C@@H](CC)N(Cc1c(Cl)cccc1Cl)C(=O)CN(c1ccc(F)cc1)S(=O)(=O)N(C)C. The number of anilines is 1. The molecule has 0 spiro atoms. The summed E-state index contributed by atoms with van der Waals surface area (Å²) in [4.78, 5) is 28.3. The number of nitrogens with one attached hydrogen (secondary N) is 1. The molecule has 2 atom stereocenters. The molecule has 8 nitrogen and oxygen atoms in total. The highest BCUT2D eigenvalue weighted by molar-refractivity contribution is 7.90. The number of hydrogen-bond acceptors (Lipinski definition) is 4. The molecule has 2 amide bonds. The molecule has 37 heavy (non-hydrogen) atoms. The fourth-order valence-electron chi connectivity index (χ4n) is 3.54. The van der Waals surface area contributed by atoms with Crippen molar-refractivity contribution in [1.29, 1.82) is 0 Å². The highest BCUT2D eigenvalue weighted by Crippen LogP contribution is 2.28. The normalized spacial score (nSPS) is 13.2. The van der Waals surface area contributed by atoms with Crippen molar-refractivity contribution < 1.29 is 22.4 Å². The van der Waals surface area contributed by atoms with Crippen molar-refractivity contribution in [2.45, 2.75) is 52.2 Å². The van der Waals surface area contributed by atoms with Crippen LogP contribution in [0.1, 0.15) is 39.2 Å². The average Bonchev–Trinajstić information content (AvgIpc) is 2.84. The molecule has 12 heteroatoms. The molecular weight excluding hydrogens is 542 g/mol. The molecule has 0 saturated carbocycles. The Hall–Kier alpha value is -2.40. The van der Waals surface area contributed by atoms with Crippen molar-refractivity contribution >= 4 is 50.9 Å². The van der Waals surface area contributed by atoms with Gasteiger partial charge in [-0.05, 0) is 56.2 Å². The summed E-state index contributed by atoms with van der Waals surface area (Å²) in [5, 5.41) is 3.50. The van der Waals surface area contributed by atoms with Crippen molar-refractivity contribution in [2.24, 2.45) is 0 Å². The highest BCUT2D eigenvalue weighted by Gasteiger charge is 2.34. The number of carbonyl (C=O) groups is 2. The van der Waals surface area contributed by atoms with Crippen molar-refractivity contribution in [2.75, 3.05) is 24.9 Å². The first-order valence-electron chi connectivity index (χ1n) is 11.8. The summed E-state index contributed by atoms with van der Waals surface area (Å²) in [6.45, 7) is 4.76. The fourth-order valence-corrected chi connectivity index (χ4v) is 5.11. The Morgan fingerprint density at radius 2 is 1.57 bits per heavy atom. The van der Waals surface area contributed by atoms with E-state index in [2.05, 4.69) is 5.32 Å². The van der Waals surface area contributed by atoms with E-state index in [0.29, 0.717) is 22.0 Å². The van der Waals surface area contributed by atoms with E-state index in [4.69, 9.17) is 23.2 Å². The molecule has 0 aromatic heterocycles. The van der Waals surface area contributed by atoms with E-state index < -0.39 is 34.5 Å². The molecule has 2 aromatic carbocycles. The van der Waals surface area contributed by atoms with E-state index in [1.165, 1.54) is 31.1 Å². The van der Waals surface area contributed by atoms with Gasteiger partial charge in [-0.25, -0.2) is 8.70 Å². The number of hydrogen-bond donors (Lipinski definition) is 1. The molecule has 0 radical (unpaired) electrons. The van der Waals surface area contributed by atoms with Gasteiger partial charge in [-0.3, -0.25) is 9.59 Å². The van der Waals surface area contributed by atoms with Crippen LogP contribution in [-0.2, 0) is 26.3 Å². The minimum Gasteiger partial charge on any atom is -0.352 e. The second kappa shape index (κ2) is 13.4. The van der Waals surface area contributed by atoms with E-state index in [-0.39, 0.29) is 30.6 Å². The van der Waals surface area contributed by atoms with Gasteiger partial charge in [0.2, 0.25) is 11.8 Å². The number of amides is 2. The molecule has 0 saturated heterocycles. The summed E-state index contributed by atoms with van der Waals surface area (Å²) in [6, 6.07) is 8.59. The molecule has 1 N–H and O–H groups in total. The van der Waals surface area contributed by atoms with E-state index >= 15 is 0 Å². The third-order valence-electron chi connectivity index (χ3n) is 5.91. The molecule has 0 aliphatic heterocycles. The van der Waals surface area contributed by atoms with Gasteiger partial charge in [-0.1, -0.05) is 43.1 Å². The Morgan fingerprint density at radius 1 is 1.00 bits per heavy atom. The Kier molecular flexibility index (Phi) is 11.2. The number of rotatable bonds is 12. The largest absolute Gasteiger partial charge is 0.352 e. The van der Waals surface area contributed by atoms with Gasteiger partial charge in [0.05, 0.1) is 5.69 Å². The Labute approximate surface area is 228 Å². The predicted molar refractivity (Wildman–Crippen MR) is 145 cm³/mol. The predicted octanol–water partition coefficient (Wildman–Crippen LogP) is 4.47. The summed E-state index contributed by atoms with van der Waals surface area (Å²) in [6.07, 6.45) is 0.943. The molecule has 204 valence electrons. The van der Waals surface area contributed by atoms with E-state index in [0.717, 1.165) is 20.7 Å². The molecule has 0 unspecified atom stereocenters. The van der Waals surface area contributed by atoms with Crippen LogP contribution in [0.3, 0.4) is 0 Å². The summed E-state index contributed by atoms with van der Waals surface area (Å²) >= 11 is 12.7. The van der Waals surface area contributed by atoms with Gasteiger partial charge in [0.1, 0.15) is 18.4 Å². The maximum atomic E-state index is 13.8. The van der Waals surface area contributed by atoms with Gasteiger partial charge >= 0.3 is 10.2 Å². The lowest BCUT2D eigenvalue weighted by atomic mass is 10.1. The standard InChI is InChI=1S/C25H33Cl2FN4O4S/c1-6-17(3)29-25(34)23(7-2)31(15-20-21(26)9-8-10-22(20)27)24(33)16-32(37(35,36)30(4)5)19-13-11-18(28)12-14-19/h8-14,17,23H,6-7,15-16H2,1-5H3,(H,29,34)/t17-,23-/m1/s1. The summed E-state index contributed by atoms with van der Waals surface area (Å²) in [5.74, 6) is -1.59. The van der Waals surface area contributed by atoms with Crippen molar-refractivity contribution in [3.63, 3.8) is 0 Å². The van der Waals surface area contributed by atoms with E-state index in [9.17, 15) is 22.4 Å². The summed E-state index contributed by atoms with van der Waals surface area (Å²) in [5.41, 5.74) is 0.522. The molecule has 2 aromatic rings. The van der Waals surface area contributed by atoms with Crippen molar-refractivity contribution in [3.05, 3.63) is 63.9 Å². The number of nitrogens with zero attached hydrogens (tertiary/aromatic N) is 3. The van der Waals surface area contributed by atoms with Crippen LogP contribution >= 0.6 is 23.2 Å². The van der Waals surface area contributed by atoms with E-state index in [1.807, 2.05) is 13.8 Å². The van der Waals surface area contributed by atoms with Crippen LogP contribution in [0.2, 0.25) is 10.0 Å². The van der Waals surface area contributed by atoms with Crippen LogP contribution in [0.15, 0.2) is 42.5 Å². The first kappa shape index (κ1) is 30.8. The lowest BCUT2D eigenvalue weighted by molar-refractivity contribution is -0.140. The van der Waals surface area contributed by atoms with Crippen LogP contribution in [0.5, 0.6) is 0 Å². The molecule has 0 aliphatic rings. The summed E-state index contributed by atoms with van der Waals surface area (Å²) < 4.78 is 41.7. The second-order valence-electron chi connectivity index (χ2n) is 8.74. The van der Waals surface area contributed by atoms with Crippen molar-refractivity contribution in [1.82, 2.24) is 14.5 Å². The fraction of sp³-hybridized carbons (Fsp3) is 0.440. The molecule has 0 bridgehead atoms. The van der Waals surface area contributed by atoms with Gasteiger partial charge in [-0.2, -0.15) is 12.7 Å². The quantitative estimate of drug-likeness (QED) is 0.405. The highest BCUT2D eigenvalue weighted by atomic mass is 35.5. The first-order chi connectivity index (χ1) is 17.3. The zero-order valence-corrected chi connectivity index (χ0v) is 23.9. The maximum Gasteiger partial charge on any atom is 0.304 e. The molecule has 0 aliphatic carbocycles. The Balaban J connectivity index is 2.56. The Morgan fingerprint density at radius 3 is 2.05 bits per heavy atom. The van der Waals surface area contributed by atoms with Crippen LogP contribution in [0.25, 0.3) is 0 Å². The van der Waals surface area contributed by atoms with Crippen molar-refractivity contribution in [3.8, 4) is 0 Å². The first-order valence-corrected chi connectivity index (χ1v) is 14.0. The van der Waals surface area contributed by atoms with Crippen LogP contribution in [0.4, 0.5) is 10.1 Å². The average molecular weight is 576 g/mol. The molecule has 0 fully saturated rings. The Bertz CT molecular complexity index is 1180. The zero-order valence-electron chi connectivity index (χ0n) is 21.5.